The highest BCUT2D eigenvalue weighted by Crippen LogP contribution is 2.20. The van der Waals surface area contributed by atoms with Crippen molar-refractivity contribution in [2.45, 2.75) is 6.42 Å². The highest BCUT2D eigenvalue weighted by atomic mass is 15.3. The fourth-order valence-corrected chi connectivity index (χ4v) is 1.81. The lowest BCUT2D eigenvalue weighted by Crippen LogP contribution is -2.20. The Morgan fingerprint density at radius 3 is 3.00 bits per heavy atom. The average molecular weight is 177 g/mol. The van der Waals surface area contributed by atoms with Crippen molar-refractivity contribution >= 4 is 5.57 Å². The van der Waals surface area contributed by atoms with E-state index in [2.05, 4.69) is 29.8 Å². The minimum absolute atomic E-state index is 0.935. The summed E-state index contributed by atoms with van der Waals surface area (Å²) in [7, 11) is 4.09. The minimum atomic E-state index is 0.935. The summed E-state index contributed by atoms with van der Waals surface area (Å²) in [5.74, 6) is 0. The first-order chi connectivity index (χ1) is 6.16. The van der Waals surface area contributed by atoms with Crippen molar-refractivity contribution in [3.8, 4) is 0 Å². The molecular weight excluding hydrogens is 162 g/mol. The van der Waals surface area contributed by atoms with Gasteiger partial charge < -0.3 is 4.90 Å². The van der Waals surface area contributed by atoms with Crippen LogP contribution in [0.3, 0.4) is 0 Å². The summed E-state index contributed by atoms with van der Waals surface area (Å²) < 4.78 is 1.88. The summed E-state index contributed by atoms with van der Waals surface area (Å²) in [6.45, 7) is 6.09. The molecule has 3 nitrogen and oxygen atoms in total. The zero-order valence-electron chi connectivity index (χ0n) is 8.25. The molecular formula is C10H15N3. The molecule has 0 spiro atoms. The second kappa shape index (κ2) is 3.00. The first kappa shape index (κ1) is 8.51. The van der Waals surface area contributed by atoms with E-state index in [9.17, 15) is 0 Å². The third-order valence-corrected chi connectivity index (χ3v) is 2.46. The number of hydrogen-bond acceptors (Lipinski definition) is 2. The summed E-state index contributed by atoms with van der Waals surface area (Å²) in [5, 5.41) is 4.42. The maximum absolute atomic E-state index is 4.42. The van der Waals surface area contributed by atoms with Gasteiger partial charge in [0.05, 0.1) is 5.69 Å². The molecule has 1 aliphatic rings. The fourth-order valence-electron chi connectivity index (χ4n) is 1.81. The van der Waals surface area contributed by atoms with Gasteiger partial charge in [-0.15, -0.1) is 0 Å². The summed E-state index contributed by atoms with van der Waals surface area (Å²) in [4.78, 5) is 2.28. The lowest BCUT2D eigenvalue weighted by Gasteiger charge is -2.12. The minimum Gasteiger partial charge on any atom is -0.302 e. The van der Waals surface area contributed by atoms with E-state index in [-0.39, 0.29) is 0 Å². The Hall–Kier alpha value is -1.09. The zero-order chi connectivity index (χ0) is 9.42. The number of fused-ring (bicyclic) bond motifs is 1. The van der Waals surface area contributed by atoms with Crippen LogP contribution in [0.1, 0.15) is 11.3 Å². The van der Waals surface area contributed by atoms with Crippen LogP contribution in [0.15, 0.2) is 12.8 Å². The van der Waals surface area contributed by atoms with Gasteiger partial charge in [0, 0.05) is 26.3 Å². The molecule has 2 heterocycles. The molecule has 0 aromatic carbocycles. The third kappa shape index (κ3) is 1.52. The van der Waals surface area contributed by atoms with E-state index in [1.54, 1.807) is 0 Å². The van der Waals surface area contributed by atoms with Crippen LogP contribution in [0.5, 0.6) is 0 Å². The molecule has 0 bridgehead atoms. The van der Waals surface area contributed by atoms with Gasteiger partial charge in [0.25, 0.3) is 0 Å². The van der Waals surface area contributed by atoms with E-state index in [1.165, 1.54) is 5.56 Å². The molecule has 0 N–H and O–H groups in total. The van der Waals surface area contributed by atoms with Gasteiger partial charge in [0.2, 0.25) is 0 Å². The first-order valence-corrected chi connectivity index (χ1v) is 4.56. The molecule has 2 rings (SSSR count). The van der Waals surface area contributed by atoms with Crippen molar-refractivity contribution in [2.75, 3.05) is 20.1 Å². The van der Waals surface area contributed by atoms with Gasteiger partial charge in [0.1, 0.15) is 0 Å². The number of nitrogens with zero attached hydrogens (tertiary/aromatic N) is 3. The maximum atomic E-state index is 4.42. The molecule has 13 heavy (non-hydrogen) atoms. The van der Waals surface area contributed by atoms with E-state index in [0.717, 1.165) is 30.8 Å². The van der Waals surface area contributed by atoms with Crippen LogP contribution < -0.4 is 0 Å². The Labute approximate surface area is 78.7 Å². The summed E-state index contributed by atoms with van der Waals surface area (Å²) in [6, 6.07) is 0. The van der Waals surface area contributed by atoms with Crippen LogP contribution in [0.2, 0.25) is 0 Å². The molecule has 0 amide bonds. The largest absolute Gasteiger partial charge is 0.302 e. The zero-order valence-corrected chi connectivity index (χ0v) is 8.25. The standard InChI is InChI=1S/C10H15N3/c1-8-6-12(2)5-4-9-7-13(3)11-10(8)9/h7H,1,4-6H2,2-3H3. The van der Waals surface area contributed by atoms with Crippen LogP contribution in [0, 0.1) is 0 Å². The van der Waals surface area contributed by atoms with Crippen LogP contribution in [0.25, 0.3) is 5.57 Å². The van der Waals surface area contributed by atoms with E-state index >= 15 is 0 Å². The van der Waals surface area contributed by atoms with E-state index in [0.29, 0.717) is 0 Å². The van der Waals surface area contributed by atoms with E-state index < -0.39 is 0 Å². The van der Waals surface area contributed by atoms with Gasteiger partial charge in [-0.2, -0.15) is 5.10 Å². The smallest absolute Gasteiger partial charge is 0.0922 e. The molecule has 0 aliphatic carbocycles. The fraction of sp³-hybridized carbons (Fsp3) is 0.500. The Balaban J connectivity index is 2.39. The molecule has 70 valence electrons. The van der Waals surface area contributed by atoms with Gasteiger partial charge in [-0.1, -0.05) is 6.58 Å². The third-order valence-electron chi connectivity index (χ3n) is 2.46. The number of rotatable bonds is 0. The second-order valence-corrected chi connectivity index (χ2v) is 3.77. The molecule has 0 unspecified atom stereocenters. The van der Waals surface area contributed by atoms with Crippen molar-refractivity contribution in [2.24, 2.45) is 7.05 Å². The molecule has 0 saturated carbocycles. The summed E-state index contributed by atoms with van der Waals surface area (Å²) in [5.41, 5.74) is 3.57. The topological polar surface area (TPSA) is 21.1 Å². The van der Waals surface area contributed by atoms with Crippen molar-refractivity contribution in [3.05, 3.63) is 24.0 Å². The number of aryl methyl sites for hydroxylation is 1. The predicted molar refractivity (Wildman–Crippen MR) is 53.4 cm³/mol. The molecule has 0 atom stereocenters. The molecule has 1 aromatic heterocycles. The first-order valence-electron chi connectivity index (χ1n) is 4.56. The lowest BCUT2D eigenvalue weighted by atomic mass is 10.1. The van der Waals surface area contributed by atoms with Crippen LogP contribution in [0.4, 0.5) is 0 Å². The number of hydrogen-bond donors (Lipinski definition) is 0. The highest BCUT2D eigenvalue weighted by molar-refractivity contribution is 5.64. The average Bonchev–Trinajstić information content (AvgIpc) is 2.38. The van der Waals surface area contributed by atoms with Gasteiger partial charge in [-0.3, -0.25) is 4.68 Å². The van der Waals surface area contributed by atoms with E-state index in [4.69, 9.17) is 0 Å². The van der Waals surface area contributed by atoms with Crippen molar-refractivity contribution in [1.29, 1.82) is 0 Å². The van der Waals surface area contributed by atoms with Crippen LogP contribution >= 0.6 is 0 Å². The van der Waals surface area contributed by atoms with Gasteiger partial charge in [0.15, 0.2) is 0 Å². The Kier molecular flexibility index (Phi) is 1.96. The van der Waals surface area contributed by atoms with Crippen molar-refractivity contribution < 1.29 is 0 Å². The lowest BCUT2D eigenvalue weighted by molar-refractivity contribution is 0.385. The number of likely N-dealkylation sites (N-methyl/N-ethyl adjacent to an activating group) is 1. The molecule has 0 radical (unpaired) electrons. The highest BCUT2D eigenvalue weighted by Gasteiger charge is 2.16. The molecule has 0 fully saturated rings. The normalized spacial score (nSPS) is 18.5. The predicted octanol–water partition coefficient (Wildman–Crippen LogP) is 0.921. The SMILES string of the molecule is C=C1CN(C)CCc2cn(C)nc21. The molecule has 3 heteroatoms. The Morgan fingerprint density at radius 1 is 1.46 bits per heavy atom. The Morgan fingerprint density at radius 2 is 2.23 bits per heavy atom. The summed E-state index contributed by atoms with van der Waals surface area (Å²) >= 11 is 0. The van der Waals surface area contributed by atoms with Crippen LogP contribution in [-0.2, 0) is 13.5 Å². The number of aromatic nitrogens is 2. The summed E-state index contributed by atoms with van der Waals surface area (Å²) in [6.07, 6.45) is 3.18. The Bertz CT molecular complexity index is 338. The molecule has 0 saturated heterocycles. The van der Waals surface area contributed by atoms with Crippen LogP contribution in [-0.4, -0.2) is 34.8 Å². The quantitative estimate of drug-likeness (QED) is 0.587. The van der Waals surface area contributed by atoms with Crippen molar-refractivity contribution in [3.63, 3.8) is 0 Å². The molecule has 1 aliphatic heterocycles. The molecule has 1 aromatic rings. The maximum Gasteiger partial charge on any atom is 0.0922 e. The van der Waals surface area contributed by atoms with Gasteiger partial charge in [-0.05, 0) is 24.6 Å². The van der Waals surface area contributed by atoms with Gasteiger partial charge in [-0.25, -0.2) is 0 Å². The van der Waals surface area contributed by atoms with E-state index in [1.807, 2.05) is 11.7 Å². The monoisotopic (exact) mass is 177 g/mol. The second-order valence-electron chi connectivity index (χ2n) is 3.77. The van der Waals surface area contributed by atoms with Crippen molar-refractivity contribution in [1.82, 2.24) is 14.7 Å². The van der Waals surface area contributed by atoms with Gasteiger partial charge >= 0.3 is 0 Å².